The second-order valence-electron chi connectivity index (χ2n) is 6.68. The Kier molecular flexibility index (Phi) is 6.96. The third-order valence-electron chi connectivity index (χ3n) is 4.51. The molecule has 1 atom stereocenters. The number of aromatic nitrogens is 2. The molecule has 0 aromatic carbocycles. The first-order chi connectivity index (χ1) is 12.3. The molecule has 1 aliphatic heterocycles. The molecule has 1 fully saturated rings. The van der Waals surface area contributed by atoms with Gasteiger partial charge in [-0.1, -0.05) is 0 Å². The maximum Gasteiger partial charge on any atom is 0.233 e. The van der Waals surface area contributed by atoms with Crippen molar-refractivity contribution in [3.05, 3.63) is 21.4 Å². The summed E-state index contributed by atoms with van der Waals surface area (Å²) in [5, 5.41) is 12.4. The zero-order chi connectivity index (χ0) is 18.9. The second kappa shape index (κ2) is 8.64. The fourth-order valence-corrected chi connectivity index (χ4v) is 4.83. The molecule has 0 radical (unpaired) electrons. The molecule has 3 rings (SSSR count). The normalized spacial score (nSPS) is 18.8. The molecule has 7 nitrogen and oxygen atoms in total. The summed E-state index contributed by atoms with van der Waals surface area (Å²) < 4.78 is 0. The lowest BCUT2D eigenvalue weighted by molar-refractivity contribution is -0.129. The molecule has 148 valence electrons. The van der Waals surface area contributed by atoms with Gasteiger partial charge in [0.2, 0.25) is 11.8 Å². The molecule has 0 aliphatic carbocycles. The predicted molar refractivity (Wildman–Crippen MR) is 112 cm³/mol. The van der Waals surface area contributed by atoms with Crippen LogP contribution in [0.4, 0.5) is 10.0 Å². The van der Waals surface area contributed by atoms with Gasteiger partial charge >= 0.3 is 0 Å². The molecule has 2 aromatic rings. The number of rotatable bonds is 5. The smallest absolute Gasteiger partial charge is 0.233 e. The predicted octanol–water partition coefficient (Wildman–Crippen LogP) is 3.20. The van der Waals surface area contributed by atoms with Gasteiger partial charge in [0.1, 0.15) is 10.0 Å². The van der Waals surface area contributed by atoms with E-state index in [9.17, 15) is 9.59 Å². The molecule has 2 amide bonds. The fraction of sp³-hybridized carbons (Fsp3) is 0.529. The van der Waals surface area contributed by atoms with Crippen LogP contribution in [-0.4, -0.2) is 34.9 Å². The summed E-state index contributed by atoms with van der Waals surface area (Å²) >= 11 is 2.91. The fourth-order valence-electron chi connectivity index (χ4n) is 3.18. The molecule has 3 N–H and O–H groups in total. The van der Waals surface area contributed by atoms with Crippen molar-refractivity contribution in [2.75, 3.05) is 23.7 Å². The van der Waals surface area contributed by atoms with Gasteiger partial charge in [0.05, 0.1) is 26.8 Å². The van der Waals surface area contributed by atoms with E-state index < -0.39 is 5.41 Å². The van der Waals surface area contributed by atoms with E-state index >= 15 is 0 Å². The number of hydrogen-bond acceptors (Lipinski definition) is 7. The minimum atomic E-state index is -0.748. The van der Waals surface area contributed by atoms with Crippen molar-refractivity contribution in [1.29, 1.82) is 0 Å². The maximum absolute atomic E-state index is 13.0. The molecule has 1 unspecified atom stereocenters. The molecule has 1 aliphatic rings. The van der Waals surface area contributed by atoms with E-state index in [2.05, 4.69) is 25.9 Å². The Balaban J connectivity index is 0.00000261. The number of aryl methyl sites for hydroxylation is 4. The van der Waals surface area contributed by atoms with Crippen LogP contribution in [0.3, 0.4) is 0 Å². The number of hydrogen-bond donors (Lipinski definition) is 3. The SMILES string of the molecule is Cc1nc(C)c(NC(=O)CC2(C(=O)Nc3sc(C)nc3C)CCNC2)s1.Cl. The van der Waals surface area contributed by atoms with Gasteiger partial charge in [0.15, 0.2) is 0 Å². The highest BCUT2D eigenvalue weighted by molar-refractivity contribution is 7.16. The van der Waals surface area contributed by atoms with Crippen LogP contribution in [0.15, 0.2) is 0 Å². The van der Waals surface area contributed by atoms with Crippen LogP contribution in [0.25, 0.3) is 0 Å². The topological polar surface area (TPSA) is 96.0 Å². The number of nitrogens with zero attached hydrogens (tertiary/aromatic N) is 2. The van der Waals surface area contributed by atoms with E-state index in [-0.39, 0.29) is 30.6 Å². The third kappa shape index (κ3) is 4.84. The van der Waals surface area contributed by atoms with Crippen molar-refractivity contribution < 1.29 is 9.59 Å². The molecule has 0 bridgehead atoms. The van der Waals surface area contributed by atoms with E-state index in [0.29, 0.717) is 13.0 Å². The van der Waals surface area contributed by atoms with Crippen LogP contribution in [0.1, 0.15) is 34.2 Å². The molecular weight excluding hydrogens is 406 g/mol. The summed E-state index contributed by atoms with van der Waals surface area (Å²) in [7, 11) is 0. The number of amides is 2. The third-order valence-corrected chi connectivity index (χ3v) is 6.49. The van der Waals surface area contributed by atoms with Gasteiger partial charge in [-0.2, -0.15) is 0 Å². The van der Waals surface area contributed by atoms with Crippen molar-refractivity contribution >= 4 is 56.9 Å². The summed E-state index contributed by atoms with van der Waals surface area (Å²) in [4.78, 5) is 34.3. The summed E-state index contributed by atoms with van der Waals surface area (Å²) in [5.41, 5.74) is 0.865. The van der Waals surface area contributed by atoms with Crippen LogP contribution in [-0.2, 0) is 9.59 Å². The molecule has 0 spiro atoms. The lowest BCUT2D eigenvalue weighted by Gasteiger charge is -2.26. The van der Waals surface area contributed by atoms with Crippen LogP contribution < -0.4 is 16.0 Å². The van der Waals surface area contributed by atoms with Crippen molar-refractivity contribution in [2.24, 2.45) is 5.41 Å². The Bertz CT molecular complexity index is 842. The van der Waals surface area contributed by atoms with Gasteiger partial charge in [-0.3, -0.25) is 9.59 Å². The van der Waals surface area contributed by atoms with Crippen LogP contribution >= 0.6 is 35.1 Å². The molecule has 27 heavy (non-hydrogen) atoms. The maximum atomic E-state index is 13.0. The van der Waals surface area contributed by atoms with Crippen molar-refractivity contribution in [3.63, 3.8) is 0 Å². The first-order valence-corrected chi connectivity index (χ1v) is 10.1. The van der Waals surface area contributed by atoms with E-state index in [4.69, 9.17) is 0 Å². The molecule has 3 heterocycles. The van der Waals surface area contributed by atoms with Gasteiger partial charge in [-0.05, 0) is 40.7 Å². The Morgan fingerprint density at radius 1 is 1.04 bits per heavy atom. The summed E-state index contributed by atoms with van der Waals surface area (Å²) in [6.07, 6.45) is 0.767. The molecular formula is C17H24ClN5O2S2. The average molecular weight is 430 g/mol. The van der Waals surface area contributed by atoms with Gasteiger partial charge in [0.25, 0.3) is 0 Å². The van der Waals surface area contributed by atoms with E-state index in [0.717, 1.165) is 38.0 Å². The number of anilines is 2. The standard InChI is InChI=1S/C17H23N5O2S2.ClH/c1-9-14(25-11(3)19-9)21-13(23)7-17(5-6-18-8-17)16(24)22-15-10(2)20-12(4)26-15;/h18H,5-8H2,1-4H3,(H,21,23)(H,22,24);1H. The molecule has 1 saturated heterocycles. The van der Waals surface area contributed by atoms with Crippen LogP contribution in [0, 0.1) is 33.1 Å². The first kappa shape index (κ1) is 21.7. The number of thiazole rings is 2. The van der Waals surface area contributed by atoms with Gasteiger partial charge in [-0.25, -0.2) is 9.97 Å². The number of carbonyl (C=O) groups is 2. The van der Waals surface area contributed by atoms with E-state index in [1.165, 1.54) is 22.7 Å². The van der Waals surface area contributed by atoms with Crippen molar-refractivity contribution in [2.45, 2.75) is 40.5 Å². The van der Waals surface area contributed by atoms with E-state index in [1.54, 1.807) is 0 Å². The second-order valence-corrected chi connectivity index (χ2v) is 9.09. The zero-order valence-corrected chi connectivity index (χ0v) is 18.2. The lowest BCUT2D eigenvalue weighted by Crippen LogP contribution is -2.41. The van der Waals surface area contributed by atoms with Gasteiger partial charge < -0.3 is 16.0 Å². The number of nitrogens with one attached hydrogen (secondary N) is 3. The highest BCUT2D eigenvalue weighted by atomic mass is 35.5. The summed E-state index contributed by atoms with van der Waals surface area (Å²) in [5.74, 6) is -0.283. The van der Waals surface area contributed by atoms with Gasteiger partial charge in [-0.15, -0.1) is 35.1 Å². The zero-order valence-electron chi connectivity index (χ0n) is 15.8. The average Bonchev–Trinajstić information content (AvgIpc) is 3.21. The molecule has 10 heteroatoms. The Labute approximate surface area is 172 Å². The highest BCUT2D eigenvalue weighted by Crippen LogP contribution is 2.34. The lowest BCUT2D eigenvalue weighted by atomic mass is 9.82. The minimum absolute atomic E-state index is 0. The molecule has 0 saturated carbocycles. The number of carbonyl (C=O) groups excluding carboxylic acids is 2. The minimum Gasteiger partial charge on any atom is -0.316 e. The largest absolute Gasteiger partial charge is 0.316 e. The first-order valence-electron chi connectivity index (χ1n) is 8.49. The van der Waals surface area contributed by atoms with Crippen molar-refractivity contribution in [3.8, 4) is 0 Å². The van der Waals surface area contributed by atoms with Crippen molar-refractivity contribution in [1.82, 2.24) is 15.3 Å². The summed E-state index contributed by atoms with van der Waals surface area (Å²) in [6.45, 7) is 8.77. The Morgan fingerprint density at radius 3 is 2.04 bits per heavy atom. The quantitative estimate of drug-likeness (QED) is 0.678. The Hall–Kier alpha value is -1.55. The summed E-state index contributed by atoms with van der Waals surface area (Å²) in [6, 6.07) is 0. The highest BCUT2D eigenvalue weighted by Gasteiger charge is 2.43. The van der Waals surface area contributed by atoms with Crippen LogP contribution in [0.5, 0.6) is 0 Å². The molecule has 2 aromatic heterocycles. The number of halogens is 1. The monoisotopic (exact) mass is 429 g/mol. The Morgan fingerprint density at radius 2 is 1.59 bits per heavy atom. The van der Waals surface area contributed by atoms with Crippen LogP contribution in [0.2, 0.25) is 0 Å². The van der Waals surface area contributed by atoms with E-state index in [1.807, 2.05) is 27.7 Å². The van der Waals surface area contributed by atoms with Gasteiger partial charge in [0, 0.05) is 13.0 Å².